The third-order valence-corrected chi connectivity index (χ3v) is 5.07. The summed E-state index contributed by atoms with van der Waals surface area (Å²) in [7, 11) is -2.49. The second-order valence-corrected chi connectivity index (χ2v) is 6.45. The Labute approximate surface area is 123 Å². The molecule has 0 aromatic heterocycles. The van der Waals surface area contributed by atoms with Crippen LogP contribution in [0.2, 0.25) is 0 Å². The summed E-state index contributed by atoms with van der Waals surface area (Å²) in [5.74, 6) is -0.494. The first kappa shape index (κ1) is 15.0. The van der Waals surface area contributed by atoms with Crippen molar-refractivity contribution in [1.82, 2.24) is 0 Å². The molecular formula is C15H13FN2O2S. The molecule has 21 heavy (non-hydrogen) atoms. The molecule has 2 aromatic rings. The standard InChI is InChI=1S/C15H13FN2O2S/c1-11-9-13(16)7-8-15(11)21(19,20)18(2)14-6-4-3-5-12(14)10-17/h3-9H,1-2H3. The lowest BCUT2D eigenvalue weighted by atomic mass is 10.2. The monoisotopic (exact) mass is 304 g/mol. The highest BCUT2D eigenvalue weighted by Gasteiger charge is 2.24. The van der Waals surface area contributed by atoms with Crippen molar-refractivity contribution in [2.45, 2.75) is 11.8 Å². The molecule has 108 valence electrons. The van der Waals surface area contributed by atoms with Gasteiger partial charge in [-0.1, -0.05) is 12.1 Å². The molecule has 2 aromatic carbocycles. The molecule has 0 heterocycles. The Morgan fingerprint density at radius 2 is 1.86 bits per heavy atom. The fourth-order valence-corrected chi connectivity index (χ4v) is 3.44. The molecule has 0 saturated heterocycles. The van der Waals surface area contributed by atoms with E-state index in [-0.39, 0.29) is 16.1 Å². The summed E-state index contributed by atoms with van der Waals surface area (Å²) in [6.07, 6.45) is 0. The van der Waals surface area contributed by atoms with Crippen molar-refractivity contribution < 1.29 is 12.8 Å². The number of nitrogens with zero attached hydrogens (tertiary/aromatic N) is 2. The maximum atomic E-state index is 13.1. The summed E-state index contributed by atoms with van der Waals surface area (Å²) < 4.78 is 39.4. The van der Waals surface area contributed by atoms with Crippen molar-refractivity contribution in [2.75, 3.05) is 11.4 Å². The molecule has 4 nitrogen and oxygen atoms in total. The number of nitriles is 1. The smallest absolute Gasteiger partial charge is 0.264 e. The SMILES string of the molecule is Cc1cc(F)ccc1S(=O)(=O)N(C)c1ccccc1C#N. The Bertz CT molecular complexity index is 826. The van der Waals surface area contributed by atoms with Crippen LogP contribution in [0.15, 0.2) is 47.4 Å². The third kappa shape index (κ3) is 2.73. The Kier molecular flexibility index (Phi) is 3.96. The zero-order valence-corrected chi connectivity index (χ0v) is 12.4. The third-order valence-electron chi connectivity index (χ3n) is 3.14. The fourth-order valence-electron chi connectivity index (χ4n) is 2.02. The minimum absolute atomic E-state index is 0.0131. The van der Waals surface area contributed by atoms with Crippen molar-refractivity contribution in [1.29, 1.82) is 5.26 Å². The molecule has 0 fully saturated rings. The molecule has 2 rings (SSSR count). The number of hydrogen-bond acceptors (Lipinski definition) is 3. The van der Waals surface area contributed by atoms with Crippen LogP contribution < -0.4 is 4.31 Å². The molecule has 0 saturated carbocycles. The van der Waals surface area contributed by atoms with E-state index in [1.807, 2.05) is 6.07 Å². The van der Waals surface area contributed by atoms with Crippen molar-refractivity contribution in [2.24, 2.45) is 0 Å². The van der Waals surface area contributed by atoms with Gasteiger partial charge in [-0.15, -0.1) is 0 Å². The van der Waals surface area contributed by atoms with Crippen LogP contribution in [0.1, 0.15) is 11.1 Å². The summed E-state index contributed by atoms with van der Waals surface area (Å²) in [4.78, 5) is 0.0131. The van der Waals surface area contributed by atoms with Crippen molar-refractivity contribution in [3.05, 3.63) is 59.4 Å². The van der Waals surface area contributed by atoms with E-state index in [1.54, 1.807) is 24.3 Å². The average Bonchev–Trinajstić information content (AvgIpc) is 2.46. The molecule has 0 bridgehead atoms. The number of halogens is 1. The number of aryl methyl sites for hydroxylation is 1. The van der Waals surface area contributed by atoms with Crippen LogP contribution >= 0.6 is 0 Å². The second kappa shape index (κ2) is 5.54. The maximum Gasteiger partial charge on any atom is 0.264 e. The van der Waals surface area contributed by atoms with Gasteiger partial charge in [0.2, 0.25) is 0 Å². The Hall–Kier alpha value is -2.39. The van der Waals surface area contributed by atoms with E-state index in [9.17, 15) is 12.8 Å². The zero-order chi connectivity index (χ0) is 15.6. The van der Waals surface area contributed by atoms with Gasteiger partial charge in [0.25, 0.3) is 10.0 Å². The molecule has 0 atom stereocenters. The lowest BCUT2D eigenvalue weighted by molar-refractivity contribution is 0.592. The molecule has 0 aliphatic heterocycles. The van der Waals surface area contributed by atoms with Crippen molar-refractivity contribution in [3.8, 4) is 6.07 Å². The highest BCUT2D eigenvalue weighted by Crippen LogP contribution is 2.27. The topological polar surface area (TPSA) is 61.2 Å². The van der Waals surface area contributed by atoms with E-state index in [0.29, 0.717) is 5.56 Å². The number of rotatable bonds is 3. The average molecular weight is 304 g/mol. The van der Waals surface area contributed by atoms with Gasteiger partial charge >= 0.3 is 0 Å². The van der Waals surface area contributed by atoms with Crippen LogP contribution in [0, 0.1) is 24.1 Å². The molecule has 0 aliphatic rings. The molecule has 0 N–H and O–H groups in total. The summed E-state index contributed by atoms with van der Waals surface area (Å²) in [6.45, 7) is 1.53. The van der Waals surface area contributed by atoms with Gasteiger partial charge < -0.3 is 0 Å². The number of hydrogen-bond donors (Lipinski definition) is 0. The van der Waals surface area contributed by atoms with Gasteiger partial charge in [-0.2, -0.15) is 5.26 Å². The van der Waals surface area contributed by atoms with Gasteiger partial charge in [0.1, 0.15) is 11.9 Å². The lowest BCUT2D eigenvalue weighted by Gasteiger charge is -2.21. The van der Waals surface area contributed by atoms with E-state index >= 15 is 0 Å². The Morgan fingerprint density at radius 1 is 1.19 bits per heavy atom. The van der Waals surface area contributed by atoms with E-state index in [2.05, 4.69) is 0 Å². The first-order chi connectivity index (χ1) is 9.87. The van der Waals surface area contributed by atoms with Crippen LogP contribution in [0.4, 0.5) is 10.1 Å². The van der Waals surface area contributed by atoms with Crippen molar-refractivity contribution in [3.63, 3.8) is 0 Å². The first-order valence-electron chi connectivity index (χ1n) is 6.12. The molecule has 0 radical (unpaired) electrons. The Morgan fingerprint density at radius 3 is 2.48 bits per heavy atom. The molecule has 0 aliphatic carbocycles. The van der Waals surface area contributed by atoms with Gasteiger partial charge in [0, 0.05) is 7.05 Å². The number of benzene rings is 2. The second-order valence-electron chi connectivity index (χ2n) is 4.51. The molecule has 6 heteroatoms. The van der Waals surface area contributed by atoms with Gasteiger partial charge in [0.05, 0.1) is 16.1 Å². The first-order valence-corrected chi connectivity index (χ1v) is 7.56. The number of para-hydroxylation sites is 1. The van der Waals surface area contributed by atoms with E-state index in [0.717, 1.165) is 16.4 Å². The molecular weight excluding hydrogens is 291 g/mol. The lowest BCUT2D eigenvalue weighted by Crippen LogP contribution is -2.27. The van der Waals surface area contributed by atoms with Gasteiger partial charge in [-0.3, -0.25) is 4.31 Å². The summed E-state index contributed by atoms with van der Waals surface area (Å²) in [6, 6.07) is 11.9. The van der Waals surface area contributed by atoms with E-state index in [4.69, 9.17) is 5.26 Å². The predicted molar refractivity (Wildman–Crippen MR) is 77.9 cm³/mol. The summed E-state index contributed by atoms with van der Waals surface area (Å²) in [5.41, 5.74) is 0.850. The zero-order valence-electron chi connectivity index (χ0n) is 11.5. The van der Waals surface area contributed by atoms with Crippen molar-refractivity contribution >= 4 is 15.7 Å². The predicted octanol–water partition coefficient (Wildman–Crippen LogP) is 2.83. The van der Waals surface area contributed by atoms with Crippen LogP contribution in [0.25, 0.3) is 0 Å². The highest BCUT2D eigenvalue weighted by atomic mass is 32.2. The highest BCUT2D eigenvalue weighted by molar-refractivity contribution is 7.92. The fraction of sp³-hybridized carbons (Fsp3) is 0.133. The van der Waals surface area contributed by atoms with E-state index in [1.165, 1.54) is 20.0 Å². The Balaban J connectivity index is 2.56. The minimum atomic E-state index is -3.86. The summed E-state index contributed by atoms with van der Waals surface area (Å²) in [5, 5.41) is 9.07. The number of sulfonamides is 1. The molecule has 0 unspecified atom stereocenters. The van der Waals surface area contributed by atoms with Gasteiger partial charge in [0.15, 0.2) is 0 Å². The van der Waals surface area contributed by atoms with E-state index < -0.39 is 15.8 Å². The van der Waals surface area contributed by atoms with Crippen LogP contribution in [-0.2, 0) is 10.0 Å². The maximum absolute atomic E-state index is 13.1. The van der Waals surface area contributed by atoms with Crippen LogP contribution in [0.5, 0.6) is 0 Å². The van der Waals surface area contributed by atoms with Gasteiger partial charge in [-0.05, 0) is 42.8 Å². The minimum Gasteiger partial charge on any atom is -0.268 e. The molecule has 0 amide bonds. The quantitative estimate of drug-likeness (QED) is 0.876. The number of anilines is 1. The van der Waals surface area contributed by atoms with Gasteiger partial charge in [-0.25, -0.2) is 12.8 Å². The summed E-state index contributed by atoms with van der Waals surface area (Å²) >= 11 is 0. The normalized spacial score (nSPS) is 11.0. The van der Waals surface area contributed by atoms with Crippen LogP contribution in [-0.4, -0.2) is 15.5 Å². The molecule has 0 spiro atoms. The van der Waals surface area contributed by atoms with Crippen LogP contribution in [0.3, 0.4) is 0 Å². The largest absolute Gasteiger partial charge is 0.268 e.